The number of hydrogen-bond acceptors (Lipinski definition) is 7. The molecule has 0 aliphatic carbocycles. The van der Waals surface area contributed by atoms with Crippen molar-refractivity contribution in [3.8, 4) is 11.5 Å². The Morgan fingerprint density at radius 3 is 2.39 bits per heavy atom. The first-order valence-corrected chi connectivity index (χ1v) is 11.0. The molecule has 1 amide bonds. The Labute approximate surface area is 165 Å². The predicted octanol–water partition coefficient (Wildman–Crippen LogP) is 1.72. The van der Waals surface area contributed by atoms with Crippen molar-refractivity contribution in [3.63, 3.8) is 0 Å². The minimum atomic E-state index is -3.69. The summed E-state index contributed by atoms with van der Waals surface area (Å²) < 4.78 is 40.7. The number of carbonyl (C=O) groups is 2. The number of amides is 1. The van der Waals surface area contributed by atoms with Gasteiger partial charge in [0.05, 0.1) is 17.8 Å². The number of sulfone groups is 1. The first-order valence-electron chi connectivity index (χ1n) is 9.32. The van der Waals surface area contributed by atoms with Crippen molar-refractivity contribution in [2.24, 2.45) is 5.92 Å². The Bertz CT molecular complexity index is 803. The number of hydrogen-bond donors (Lipinski definition) is 1. The third-order valence-electron chi connectivity index (χ3n) is 4.76. The second kappa shape index (κ2) is 9.77. The molecule has 0 spiro atoms. The molecule has 8 nitrogen and oxygen atoms in total. The summed E-state index contributed by atoms with van der Waals surface area (Å²) in [6.45, 7) is 4.60. The van der Waals surface area contributed by atoms with Gasteiger partial charge in [0, 0.05) is 12.5 Å². The van der Waals surface area contributed by atoms with Crippen LogP contribution in [0.15, 0.2) is 23.1 Å². The van der Waals surface area contributed by atoms with E-state index in [0.29, 0.717) is 37.6 Å². The Morgan fingerprint density at radius 2 is 1.79 bits per heavy atom. The van der Waals surface area contributed by atoms with Gasteiger partial charge in [-0.2, -0.15) is 0 Å². The van der Waals surface area contributed by atoms with Crippen LogP contribution in [-0.4, -0.2) is 52.4 Å². The van der Waals surface area contributed by atoms with Crippen molar-refractivity contribution < 1.29 is 32.2 Å². The van der Waals surface area contributed by atoms with Crippen molar-refractivity contribution in [2.75, 3.05) is 26.1 Å². The minimum Gasteiger partial charge on any atom is -0.486 e. The molecule has 156 valence electrons. The van der Waals surface area contributed by atoms with E-state index in [1.165, 1.54) is 19.2 Å². The summed E-state index contributed by atoms with van der Waals surface area (Å²) >= 11 is 0. The average Bonchev–Trinajstić information content (AvgIpc) is 2.71. The average molecular weight is 413 g/mol. The van der Waals surface area contributed by atoms with E-state index in [2.05, 4.69) is 5.32 Å². The number of benzene rings is 1. The van der Waals surface area contributed by atoms with Gasteiger partial charge in [-0.25, -0.2) is 13.2 Å². The second-order valence-corrected chi connectivity index (χ2v) is 8.63. The van der Waals surface area contributed by atoms with Gasteiger partial charge in [-0.1, -0.05) is 26.7 Å². The van der Waals surface area contributed by atoms with Crippen LogP contribution in [0.1, 0.15) is 33.1 Å². The lowest BCUT2D eigenvalue weighted by Crippen LogP contribution is -2.46. The molecule has 1 heterocycles. The molecule has 28 heavy (non-hydrogen) atoms. The molecule has 1 aliphatic heterocycles. The fraction of sp³-hybridized carbons (Fsp3) is 0.579. The molecule has 1 atom stereocenters. The lowest BCUT2D eigenvalue weighted by molar-refractivity contribution is -0.146. The number of esters is 1. The number of carbonyl (C=O) groups excluding carboxylic acids is 2. The van der Waals surface area contributed by atoms with Crippen LogP contribution in [-0.2, 0) is 24.2 Å². The third kappa shape index (κ3) is 5.37. The minimum absolute atomic E-state index is 0.0639. The number of fused-ring (bicyclic) bond motifs is 1. The molecular formula is C19H27NO7S. The maximum absolute atomic E-state index is 12.6. The molecule has 0 fully saturated rings. The van der Waals surface area contributed by atoms with E-state index < -0.39 is 27.8 Å². The Balaban J connectivity index is 2.03. The summed E-state index contributed by atoms with van der Waals surface area (Å²) in [4.78, 5) is 24.3. The molecule has 1 aromatic carbocycles. The van der Waals surface area contributed by atoms with Gasteiger partial charge in [0.1, 0.15) is 19.3 Å². The number of nitrogens with one attached hydrogen (secondary N) is 1. The monoisotopic (exact) mass is 413 g/mol. The molecule has 9 heteroatoms. The molecule has 0 saturated heterocycles. The fourth-order valence-electron chi connectivity index (χ4n) is 3.06. The Hall–Kier alpha value is -2.29. The van der Waals surface area contributed by atoms with Gasteiger partial charge in [0.2, 0.25) is 5.91 Å². The first-order chi connectivity index (χ1) is 13.3. The van der Waals surface area contributed by atoms with Crippen molar-refractivity contribution in [1.82, 2.24) is 5.32 Å². The van der Waals surface area contributed by atoms with Gasteiger partial charge in [0.25, 0.3) is 0 Å². The summed E-state index contributed by atoms with van der Waals surface area (Å²) in [5, 5.41) is 2.62. The van der Waals surface area contributed by atoms with E-state index in [1.54, 1.807) is 6.07 Å². The zero-order valence-electron chi connectivity index (χ0n) is 16.4. The van der Waals surface area contributed by atoms with Crippen LogP contribution < -0.4 is 14.8 Å². The summed E-state index contributed by atoms with van der Waals surface area (Å²) in [5.41, 5.74) is 0. The van der Waals surface area contributed by atoms with E-state index in [0.717, 1.165) is 0 Å². The highest BCUT2D eigenvalue weighted by Gasteiger charge is 2.29. The van der Waals surface area contributed by atoms with Gasteiger partial charge in [-0.15, -0.1) is 0 Å². The van der Waals surface area contributed by atoms with Crippen LogP contribution in [0.25, 0.3) is 0 Å². The molecule has 2 rings (SSSR count). The van der Waals surface area contributed by atoms with Crippen LogP contribution in [0.5, 0.6) is 11.5 Å². The lowest BCUT2D eigenvalue weighted by atomic mass is 9.94. The van der Waals surface area contributed by atoms with Gasteiger partial charge < -0.3 is 19.5 Å². The lowest BCUT2D eigenvalue weighted by Gasteiger charge is -2.24. The number of methoxy groups -OCH3 is 1. The molecule has 1 aromatic rings. The predicted molar refractivity (Wildman–Crippen MR) is 102 cm³/mol. The number of ether oxygens (including phenoxy) is 3. The molecule has 1 N–H and O–H groups in total. The smallest absolute Gasteiger partial charge is 0.328 e. The van der Waals surface area contributed by atoms with E-state index in [1.807, 2.05) is 13.8 Å². The van der Waals surface area contributed by atoms with Crippen molar-refractivity contribution in [1.29, 1.82) is 0 Å². The summed E-state index contributed by atoms with van der Waals surface area (Å²) in [5.74, 6) is -0.633. The topological polar surface area (TPSA) is 108 Å². The zero-order valence-corrected chi connectivity index (χ0v) is 17.2. The summed E-state index contributed by atoms with van der Waals surface area (Å²) in [7, 11) is -2.43. The van der Waals surface area contributed by atoms with Gasteiger partial charge in [-0.05, 0) is 18.1 Å². The normalized spacial score (nSPS) is 14.4. The van der Waals surface area contributed by atoms with Crippen molar-refractivity contribution in [3.05, 3.63) is 18.2 Å². The highest BCUT2D eigenvalue weighted by atomic mass is 32.2. The maximum Gasteiger partial charge on any atom is 0.328 e. The SMILES string of the molecule is CCC(CC)[C@@H](NC(=O)CCS(=O)(=O)c1ccc2c(c1)OCCO2)C(=O)OC. The van der Waals surface area contributed by atoms with Crippen LogP contribution in [0, 0.1) is 5.92 Å². The highest BCUT2D eigenvalue weighted by Crippen LogP contribution is 2.32. The molecule has 0 aromatic heterocycles. The zero-order chi connectivity index (χ0) is 20.7. The summed E-state index contributed by atoms with van der Waals surface area (Å²) in [6.07, 6.45) is 1.11. The van der Waals surface area contributed by atoms with Crippen LogP contribution in [0.3, 0.4) is 0 Å². The fourth-order valence-corrected chi connectivity index (χ4v) is 4.32. The molecule has 0 saturated carbocycles. The van der Waals surface area contributed by atoms with E-state index in [-0.39, 0.29) is 23.0 Å². The van der Waals surface area contributed by atoms with E-state index >= 15 is 0 Å². The molecule has 1 aliphatic rings. The number of rotatable bonds is 9. The van der Waals surface area contributed by atoms with E-state index in [4.69, 9.17) is 14.2 Å². The third-order valence-corrected chi connectivity index (χ3v) is 6.48. The molecule has 0 bridgehead atoms. The Kier molecular flexibility index (Phi) is 7.68. The second-order valence-electron chi connectivity index (χ2n) is 6.52. The largest absolute Gasteiger partial charge is 0.486 e. The van der Waals surface area contributed by atoms with Crippen LogP contribution in [0.2, 0.25) is 0 Å². The molecular weight excluding hydrogens is 386 g/mol. The van der Waals surface area contributed by atoms with Gasteiger partial charge in [-0.3, -0.25) is 4.79 Å². The molecule has 0 radical (unpaired) electrons. The Morgan fingerprint density at radius 1 is 1.14 bits per heavy atom. The van der Waals surface area contributed by atoms with Gasteiger partial charge in [0.15, 0.2) is 21.3 Å². The molecule has 0 unspecified atom stereocenters. The van der Waals surface area contributed by atoms with Gasteiger partial charge >= 0.3 is 5.97 Å². The quantitative estimate of drug-likeness (QED) is 0.614. The first kappa shape index (κ1) is 22.0. The highest BCUT2D eigenvalue weighted by molar-refractivity contribution is 7.91. The van der Waals surface area contributed by atoms with Crippen LogP contribution in [0.4, 0.5) is 0 Å². The van der Waals surface area contributed by atoms with Crippen molar-refractivity contribution >= 4 is 21.7 Å². The summed E-state index contributed by atoms with van der Waals surface area (Å²) in [6, 6.07) is 3.59. The van der Waals surface area contributed by atoms with E-state index in [9.17, 15) is 18.0 Å². The standard InChI is InChI=1S/C19H27NO7S/c1-4-13(5-2)18(19(22)25-3)20-17(21)8-11-28(23,24)14-6-7-15-16(12-14)27-10-9-26-15/h6-7,12-13,18H,4-5,8-11H2,1-3H3,(H,20,21)/t18-/m1/s1. The van der Waals surface area contributed by atoms with Crippen molar-refractivity contribution in [2.45, 2.75) is 44.0 Å². The van der Waals surface area contributed by atoms with Crippen LogP contribution >= 0.6 is 0 Å². The maximum atomic E-state index is 12.6.